The first kappa shape index (κ1) is 19.7. The minimum Gasteiger partial charge on any atom is -0.493 e. The summed E-state index contributed by atoms with van der Waals surface area (Å²) < 4.78 is 26.5. The fourth-order valence-corrected chi connectivity index (χ4v) is 2.94. The number of halogens is 1. The van der Waals surface area contributed by atoms with Crippen LogP contribution in [0.4, 0.5) is 0 Å². The lowest BCUT2D eigenvalue weighted by molar-refractivity contribution is -0.145. The van der Waals surface area contributed by atoms with Crippen LogP contribution in [0, 0.1) is 0 Å². The van der Waals surface area contributed by atoms with Gasteiger partial charge in [0.15, 0.2) is 29.6 Å². The molecule has 0 fully saturated rings. The maximum atomic E-state index is 12.1. The summed E-state index contributed by atoms with van der Waals surface area (Å²) in [4.78, 5) is 27.7. The number of benzene rings is 1. The third-order valence-electron chi connectivity index (χ3n) is 3.55. The van der Waals surface area contributed by atoms with E-state index < -0.39 is 11.9 Å². The molecule has 2 aromatic rings. The number of cyclic esters (lactones) is 1. The van der Waals surface area contributed by atoms with E-state index in [0.29, 0.717) is 27.3 Å². The Kier molecular flexibility index (Phi) is 6.15. The molecule has 1 aromatic carbocycles. The van der Waals surface area contributed by atoms with Gasteiger partial charge in [-0.3, -0.25) is 0 Å². The fourth-order valence-electron chi connectivity index (χ4n) is 2.37. The maximum absolute atomic E-state index is 12.1. The molecule has 1 aliphatic rings. The molecule has 1 aliphatic heterocycles. The number of carbonyl (C=O) groups excluding carboxylic acids is 2. The van der Waals surface area contributed by atoms with Crippen molar-refractivity contribution in [3.8, 4) is 11.5 Å². The molecule has 0 spiro atoms. The molecular weight excluding hydrogens is 434 g/mol. The van der Waals surface area contributed by atoms with Crippen molar-refractivity contribution in [2.45, 2.75) is 6.92 Å². The molecule has 0 amide bonds. The number of nitrogens with zero attached hydrogens (tertiary/aromatic N) is 1. The summed E-state index contributed by atoms with van der Waals surface area (Å²) in [6.45, 7) is 1.72. The summed E-state index contributed by atoms with van der Waals surface area (Å²) >= 11 is 3.38. The number of methoxy groups -OCH3 is 1. The Morgan fingerprint density at radius 3 is 2.86 bits per heavy atom. The van der Waals surface area contributed by atoms with E-state index in [2.05, 4.69) is 20.9 Å². The van der Waals surface area contributed by atoms with Crippen LogP contribution in [-0.2, 0) is 19.1 Å². The van der Waals surface area contributed by atoms with Crippen molar-refractivity contribution < 1.29 is 33.0 Å². The van der Waals surface area contributed by atoms with Crippen LogP contribution in [0.5, 0.6) is 11.5 Å². The average Bonchev–Trinajstić information content (AvgIpc) is 3.31. The van der Waals surface area contributed by atoms with Crippen LogP contribution in [-0.4, -0.2) is 38.2 Å². The minimum atomic E-state index is -0.593. The molecule has 28 heavy (non-hydrogen) atoms. The topological polar surface area (TPSA) is 96.6 Å². The first-order chi connectivity index (χ1) is 13.5. The van der Waals surface area contributed by atoms with Crippen LogP contribution in [0.25, 0.3) is 6.08 Å². The molecule has 0 saturated carbocycles. The predicted molar refractivity (Wildman–Crippen MR) is 102 cm³/mol. The molecule has 0 unspecified atom stereocenters. The highest BCUT2D eigenvalue weighted by molar-refractivity contribution is 9.10. The zero-order chi connectivity index (χ0) is 20.1. The zero-order valence-electron chi connectivity index (χ0n) is 15.1. The summed E-state index contributed by atoms with van der Waals surface area (Å²) in [7, 11) is 1.47. The summed E-state index contributed by atoms with van der Waals surface area (Å²) in [5, 5.41) is 0. The standard InChI is InChI=1S/C19H16BrNO7/c1-3-25-16(22)10-27-17-12(20)7-11(9-15(17)24-2)8-13-19(23)28-18(21-13)14-5-4-6-26-14/h4-9H,3,10H2,1-2H3/b13-8-. The van der Waals surface area contributed by atoms with E-state index in [-0.39, 0.29) is 24.8 Å². The summed E-state index contributed by atoms with van der Waals surface area (Å²) in [6, 6.07) is 6.66. The second kappa shape index (κ2) is 8.75. The van der Waals surface area contributed by atoms with E-state index >= 15 is 0 Å². The van der Waals surface area contributed by atoms with Crippen LogP contribution in [0.2, 0.25) is 0 Å². The Morgan fingerprint density at radius 1 is 1.36 bits per heavy atom. The zero-order valence-corrected chi connectivity index (χ0v) is 16.6. The first-order valence-electron chi connectivity index (χ1n) is 8.24. The van der Waals surface area contributed by atoms with Crippen molar-refractivity contribution in [3.05, 3.63) is 52.0 Å². The van der Waals surface area contributed by atoms with Crippen molar-refractivity contribution in [1.29, 1.82) is 0 Å². The largest absolute Gasteiger partial charge is 0.493 e. The van der Waals surface area contributed by atoms with Gasteiger partial charge in [-0.1, -0.05) is 0 Å². The highest BCUT2D eigenvalue weighted by Crippen LogP contribution is 2.37. The van der Waals surface area contributed by atoms with Gasteiger partial charge in [0, 0.05) is 0 Å². The monoisotopic (exact) mass is 449 g/mol. The van der Waals surface area contributed by atoms with Gasteiger partial charge in [0.1, 0.15) is 0 Å². The third kappa shape index (κ3) is 4.42. The van der Waals surface area contributed by atoms with E-state index in [1.807, 2.05) is 0 Å². The summed E-state index contributed by atoms with van der Waals surface area (Å²) in [5.41, 5.74) is 0.726. The van der Waals surface area contributed by atoms with E-state index in [1.54, 1.807) is 37.3 Å². The van der Waals surface area contributed by atoms with Gasteiger partial charge in [-0.25, -0.2) is 14.6 Å². The van der Waals surface area contributed by atoms with Crippen LogP contribution in [0.3, 0.4) is 0 Å². The molecule has 0 saturated heterocycles. The van der Waals surface area contributed by atoms with Crippen molar-refractivity contribution in [2.75, 3.05) is 20.3 Å². The van der Waals surface area contributed by atoms with Gasteiger partial charge >= 0.3 is 11.9 Å². The number of furan rings is 1. The van der Waals surface area contributed by atoms with Crippen LogP contribution >= 0.6 is 15.9 Å². The van der Waals surface area contributed by atoms with Crippen molar-refractivity contribution in [3.63, 3.8) is 0 Å². The molecule has 0 aliphatic carbocycles. The van der Waals surface area contributed by atoms with Crippen molar-refractivity contribution in [1.82, 2.24) is 0 Å². The number of ether oxygens (including phenoxy) is 4. The molecule has 1 aromatic heterocycles. The van der Waals surface area contributed by atoms with Gasteiger partial charge < -0.3 is 23.4 Å². The molecule has 0 atom stereocenters. The van der Waals surface area contributed by atoms with Crippen LogP contribution in [0.15, 0.2) is 50.1 Å². The molecule has 0 radical (unpaired) electrons. The molecule has 0 N–H and O–H groups in total. The number of carbonyl (C=O) groups is 2. The Morgan fingerprint density at radius 2 is 2.18 bits per heavy atom. The fraction of sp³-hybridized carbons (Fsp3) is 0.211. The number of hydrogen-bond donors (Lipinski definition) is 0. The molecule has 3 rings (SSSR count). The Bertz CT molecular complexity index is 947. The molecule has 0 bridgehead atoms. The molecule has 9 heteroatoms. The SMILES string of the molecule is CCOC(=O)COc1c(Br)cc(/C=C2\N=C(c3ccco3)OC2=O)cc1OC. The maximum Gasteiger partial charge on any atom is 0.363 e. The van der Waals surface area contributed by atoms with Gasteiger partial charge in [0.05, 0.1) is 24.5 Å². The Labute approximate surface area is 168 Å². The Hall–Kier alpha value is -3.07. The van der Waals surface area contributed by atoms with Gasteiger partial charge in [-0.2, -0.15) is 0 Å². The minimum absolute atomic E-state index is 0.0988. The lowest BCUT2D eigenvalue weighted by Crippen LogP contribution is -2.15. The van der Waals surface area contributed by atoms with Gasteiger partial charge in [0.2, 0.25) is 0 Å². The summed E-state index contributed by atoms with van der Waals surface area (Å²) in [6.07, 6.45) is 3.01. The lowest BCUT2D eigenvalue weighted by Gasteiger charge is -2.13. The van der Waals surface area contributed by atoms with E-state index in [0.717, 1.165) is 0 Å². The average molecular weight is 450 g/mol. The van der Waals surface area contributed by atoms with E-state index in [9.17, 15) is 9.59 Å². The number of hydrogen-bond acceptors (Lipinski definition) is 8. The normalized spacial score (nSPS) is 14.6. The summed E-state index contributed by atoms with van der Waals surface area (Å²) in [5.74, 6) is 0.0822. The van der Waals surface area contributed by atoms with E-state index in [1.165, 1.54) is 13.4 Å². The second-order valence-electron chi connectivity index (χ2n) is 5.44. The second-order valence-corrected chi connectivity index (χ2v) is 6.30. The number of esters is 2. The number of rotatable bonds is 7. The van der Waals surface area contributed by atoms with Crippen LogP contribution < -0.4 is 9.47 Å². The highest BCUT2D eigenvalue weighted by Gasteiger charge is 2.26. The third-order valence-corrected chi connectivity index (χ3v) is 4.14. The van der Waals surface area contributed by atoms with Crippen molar-refractivity contribution in [2.24, 2.45) is 4.99 Å². The number of aliphatic imine (C=N–C) groups is 1. The molecular formula is C19H16BrNO7. The smallest absolute Gasteiger partial charge is 0.363 e. The molecule has 146 valence electrons. The lowest BCUT2D eigenvalue weighted by atomic mass is 10.1. The quantitative estimate of drug-likeness (QED) is 0.472. The first-order valence-corrected chi connectivity index (χ1v) is 9.03. The van der Waals surface area contributed by atoms with E-state index in [4.69, 9.17) is 23.4 Å². The van der Waals surface area contributed by atoms with Crippen molar-refractivity contribution >= 4 is 39.8 Å². The predicted octanol–water partition coefficient (Wildman–Crippen LogP) is 3.34. The Balaban J connectivity index is 1.85. The van der Waals surface area contributed by atoms with Crippen LogP contribution in [0.1, 0.15) is 18.2 Å². The van der Waals surface area contributed by atoms with Gasteiger partial charge in [-0.15, -0.1) is 0 Å². The molecule has 2 heterocycles. The van der Waals surface area contributed by atoms with Gasteiger partial charge in [-0.05, 0) is 58.8 Å². The highest BCUT2D eigenvalue weighted by atomic mass is 79.9. The van der Waals surface area contributed by atoms with Gasteiger partial charge in [0.25, 0.3) is 5.90 Å². The molecule has 8 nitrogen and oxygen atoms in total.